The molecule has 0 saturated carbocycles. The van der Waals surface area contributed by atoms with E-state index in [-0.39, 0.29) is 31.4 Å². The smallest absolute Gasteiger partial charge is 0.159 e. The summed E-state index contributed by atoms with van der Waals surface area (Å²) >= 11 is 0. The first-order valence-corrected chi connectivity index (χ1v) is 8.78. The molecule has 1 aromatic heterocycles. The Morgan fingerprint density at radius 3 is 2.37 bits per heavy atom. The molecule has 0 atom stereocenters. The van der Waals surface area contributed by atoms with Crippen LogP contribution in [0.5, 0.6) is 5.75 Å². The number of nitrogens with zero attached hydrogens (tertiary/aromatic N) is 3. The van der Waals surface area contributed by atoms with Crippen LogP contribution in [-0.2, 0) is 26.7 Å². The number of methoxy groups -OCH3 is 1. The Bertz CT molecular complexity index is 1100. The average Bonchev–Trinajstić information content (AvgIpc) is 3.19. The summed E-state index contributed by atoms with van der Waals surface area (Å²) in [5, 5.41) is 17.6. The van der Waals surface area contributed by atoms with E-state index in [4.69, 9.17) is 4.74 Å². The Labute approximate surface area is 185 Å². The van der Waals surface area contributed by atoms with Crippen molar-refractivity contribution in [2.75, 3.05) is 7.11 Å². The summed E-state index contributed by atoms with van der Waals surface area (Å²) in [4.78, 5) is 0. The van der Waals surface area contributed by atoms with E-state index in [2.05, 4.69) is 16.3 Å². The average molecular weight is 585 g/mol. The molecule has 1 heterocycles. The molecule has 4 aromatic rings. The summed E-state index contributed by atoms with van der Waals surface area (Å²) in [5.41, 5.74) is 1.75. The first kappa shape index (κ1) is 21.8. The van der Waals surface area contributed by atoms with E-state index in [0.717, 1.165) is 5.69 Å². The van der Waals surface area contributed by atoms with E-state index in [0.29, 0.717) is 22.8 Å². The molecule has 1 radical (unpaired) electrons. The van der Waals surface area contributed by atoms with E-state index < -0.39 is 18.2 Å². The number of hydrogen-bond donors (Lipinski definition) is 1. The molecule has 0 bridgehead atoms. The van der Waals surface area contributed by atoms with Crippen molar-refractivity contribution in [2.24, 2.45) is 0 Å². The number of ether oxygens (including phenoxy) is 1. The van der Waals surface area contributed by atoms with Crippen molar-refractivity contribution in [3.05, 3.63) is 83.9 Å². The minimum atomic E-state index is -0.552. The summed E-state index contributed by atoms with van der Waals surface area (Å²) in [7, 11) is 1.38. The van der Waals surface area contributed by atoms with E-state index in [1.807, 2.05) is 30.3 Å². The molecule has 0 aliphatic carbocycles. The first-order chi connectivity index (χ1) is 14.1. The Kier molecular flexibility index (Phi) is 6.72. The van der Waals surface area contributed by atoms with E-state index in [9.17, 15) is 13.9 Å². The SMILES string of the molecule is COc1c[c-]c(-c2nnc(-c3ccc(CO)c(F)c3)n2-c2ccccc2)cc1F.[Ir]. The van der Waals surface area contributed by atoms with Crippen LogP contribution in [0.25, 0.3) is 28.5 Å². The van der Waals surface area contributed by atoms with Gasteiger partial charge in [-0.05, 0) is 18.2 Å². The van der Waals surface area contributed by atoms with E-state index in [1.165, 1.54) is 31.4 Å². The molecule has 4 rings (SSSR count). The van der Waals surface area contributed by atoms with Crippen LogP contribution in [0.4, 0.5) is 8.78 Å². The minimum absolute atomic E-state index is 0. The zero-order valence-electron chi connectivity index (χ0n) is 15.8. The molecular weight excluding hydrogens is 568 g/mol. The predicted molar refractivity (Wildman–Crippen MR) is 103 cm³/mol. The summed E-state index contributed by atoms with van der Waals surface area (Å²) in [6.07, 6.45) is 0. The second-order valence-corrected chi connectivity index (χ2v) is 6.25. The summed E-state index contributed by atoms with van der Waals surface area (Å²) < 4.78 is 35.2. The molecule has 155 valence electrons. The third-order valence-electron chi connectivity index (χ3n) is 4.49. The normalized spacial score (nSPS) is 10.5. The Balaban J connectivity index is 0.00000256. The van der Waals surface area contributed by atoms with Crippen LogP contribution < -0.4 is 4.74 Å². The van der Waals surface area contributed by atoms with Crippen molar-refractivity contribution < 1.29 is 38.7 Å². The van der Waals surface area contributed by atoms with Gasteiger partial charge in [-0.25, -0.2) is 8.78 Å². The van der Waals surface area contributed by atoms with Crippen LogP contribution in [0, 0.1) is 17.7 Å². The quantitative estimate of drug-likeness (QED) is 0.358. The minimum Gasteiger partial charge on any atom is -0.537 e. The number of para-hydroxylation sites is 1. The first-order valence-electron chi connectivity index (χ1n) is 8.78. The molecule has 0 aliphatic heterocycles. The van der Waals surface area contributed by atoms with Crippen molar-refractivity contribution >= 4 is 0 Å². The molecule has 0 unspecified atom stereocenters. The summed E-state index contributed by atoms with van der Waals surface area (Å²) in [6, 6.07) is 19.3. The summed E-state index contributed by atoms with van der Waals surface area (Å²) in [6.45, 7) is -0.400. The van der Waals surface area contributed by atoms with Crippen molar-refractivity contribution in [3.63, 3.8) is 0 Å². The fourth-order valence-electron chi connectivity index (χ4n) is 3.02. The van der Waals surface area contributed by atoms with Gasteiger partial charge in [0.15, 0.2) is 5.82 Å². The molecule has 0 amide bonds. The molecule has 30 heavy (non-hydrogen) atoms. The van der Waals surface area contributed by atoms with Crippen LogP contribution in [-0.4, -0.2) is 27.0 Å². The maximum absolute atomic E-state index is 14.3. The largest absolute Gasteiger partial charge is 0.537 e. The van der Waals surface area contributed by atoms with Gasteiger partial charge in [-0.2, -0.15) is 5.10 Å². The van der Waals surface area contributed by atoms with Gasteiger partial charge in [-0.1, -0.05) is 30.3 Å². The number of benzene rings is 3. The van der Waals surface area contributed by atoms with Gasteiger partial charge in [0.25, 0.3) is 0 Å². The van der Waals surface area contributed by atoms with Crippen molar-refractivity contribution in [1.29, 1.82) is 0 Å². The predicted octanol–water partition coefficient (Wildman–Crippen LogP) is 4.18. The molecule has 3 aromatic carbocycles. The molecule has 0 aliphatic rings. The van der Waals surface area contributed by atoms with E-state index in [1.54, 1.807) is 10.6 Å². The number of rotatable bonds is 5. The third kappa shape index (κ3) is 4.03. The number of aliphatic hydroxyl groups is 1. The molecule has 5 nitrogen and oxygen atoms in total. The van der Waals surface area contributed by atoms with Crippen molar-refractivity contribution in [2.45, 2.75) is 6.61 Å². The van der Waals surface area contributed by atoms with Gasteiger partial charge in [0.1, 0.15) is 5.82 Å². The van der Waals surface area contributed by atoms with Crippen molar-refractivity contribution in [3.8, 4) is 34.2 Å². The molecular formula is C22H16F2IrN3O2-. The second kappa shape index (κ2) is 9.26. The third-order valence-corrected chi connectivity index (χ3v) is 4.49. The van der Waals surface area contributed by atoms with Crippen LogP contribution in [0.2, 0.25) is 0 Å². The van der Waals surface area contributed by atoms with Gasteiger partial charge >= 0.3 is 0 Å². The fourth-order valence-corrected chi connectivity index (χ4v) is 3.02. The summed E-state index contributed by atoms with van der Waals surface area (Å²) in [5.74, 6) is -0.306. The molecule has 0 fully saturated rings. The fraction of sp³-hybridized carbons (Fsp3) is 0.0909. The maximum atomic E-state index is 14.3. The van der Waals surface area contributed by atoms with Gasteiger partial charge in [-0.3, -0.25) is 0 Å². The monoisotopic (exact) mass is 585 g/mol. The number of aromatic nitrogens is 3. The number of halogens is 2. The zero-order chi connectivity index (χ0) is 20.4. The van der Waals surface area contributed by atoms with Crippen LogP contribution in [0.1, 0.15) is 5.56 Å². The molecule has 0 spiro atoms. The molecule has 0 saturated heterocycles. The molecule has 8 heteroatoms. The Morgan fingerprint density at radius 2 is 1.73 bits per heavy atom. The topological polar surface area (TPSA) is 60.2 Å². The van der Waals surface area contributed by atoms with Gasteiger partial charge in [0.05, 0.1) is 31.1 Å². The van der Waals surface area contributed by atoms with Crippen LogP contribution in [0.15, 0.2) is 60.7 Å². The molecule has 1 N–H and O–H groups in total. The van der Waals surface area contributed by atoms with Crippen LogP contribution in [0.3, 0.4) is 0 Å². The van der Waals surface area contributed by atoms with Gasteiger partial charge in [0, 0.05) is 36.9 Å². The second-order valence-electron chi connectivity index (χ2n) is 6.25. The van der Waals surface area contributed by atoms with Crippen molar-refractivity contribution in [1.82, 2.24) is 14.8 Å². The van der Waals surface area contributed by atoms with Crippen LogP contribution >= 0.6 is 0 Å². The Morgan fingerprint density at radius 1 is 1.00 bits per heavy atom. The standard InChI is InChI=1S/C22H16F2N3O2.Ir/c1-29-20-10-9-15(12-19(20)24)22-26-25-21(27(22)17-5-3-2-4-6-17)14-7-8-16(13-28)18(23)11-14;/h2-8,10-12,28H,13H2,1H3;/q-1;. The van der Waals surface area contributed by atoms with Gasteiger partial charge in [-0.15, -0.1) is 28.9 Å². The zero-order valence-corrected chi connectivity index (χ0v) is 18.2. The number of aliphatic hydroxyl groups excluding tert-OH is 1. The Hall–Kier alpha value is -2.93. The number of hydrogen-bond acceptors (Lipinski definition) is 4. The van der Waals surface area contributed by atoms with Gasteiger partial charge < -0.3 is 14.4 Å². The maximum Gasteiger partial charge on any atom is 0.159 e. The van der Waals surface area contributed by atoms with Gasteiger partial charge in [0.2, 0.25) is 0 Å². The van der Waals surface area contributed by atoms with E-state index >= 15 is 0 Å².